The predicted molar refractivity (Wildman–Crippen MR) is 45.4 cm³/mol. The molecule has 0 nitrogen and oxygen atoms in total. The lowest BCUT2D eigenvalue weighted by Gasteiger charge is -2.02. The number of thioether (sulfide) groups is 1. The standard InChI is InChI=1S/C9H9FS/c10-9(6-7-9)11-8-4-2-1-3-5-8/h1-5H,6-7H2. The summed E-state index contributed by atoms with van der Waals surface area (Å²) >= 11 is 1.35. The highest BCUT2D eigenvalue weighted by atomic mass is 32.2. The highest BCUT2D eigenvalue weighted by Gasteiger charge is 2.44. The zero-order chi connectivity index (χ0) is 7.73. The maximum atomic E-state index is 13.1. The van der Waals surface area contributed by atoms with Gasteiger partial charge in [0.25, 0.3) is 0 Å². The van der Waals surface area contributed by atoms with E-state index in [9.17, 15) is 4.39 Å². The average Bonchev–Trinajstić information content (AvgIpc) is 2.70. The third-order valence-corrected chi connectivity index (χ3v) is 2.97. The van der Waals surface area contributed by atoms with Gasteiger partial charge in [0.05, 0.1) is 0 Å². The molecule has 0 N–H and O–H groups in total. The van der Waals surface area contributed by atoms with Crippen molar-refractivity contribution in [3.63, 3.8) is 0 Å². The summed E-state index contributed by atoms with van der Waals surface area (Å²) in [5.74, 6) is 0. The molecule has 0 bridgehead atoms. The summed E-state index contributed by atoms with van der Waals surface area (Å²) in [6.07, 6.45) is 1.43. The molecule has 0 unspecified atom stereocenters. The van der Waals surface area contributed by atoms with Crippen LogP contribution in [0.1, 0.15) is 12.8 Å². The van der Waals surface area contributed by atoms with Gasteiger partial charge in [-0.2, -0.15) is 0 Å². The second-order valence-electron chi connectivity index (χ2n) is 2.80. The third-order valence-electron chi connectivity index (χ3n) is 1.69. The van der Waals surface area contributed by atoms with Crippen molar-refractivity contribution in [2.75, 3.05) is 0 Å². The number of benzene rings is 1. The molecule has 0 saturated heterocycles. The Labute approximate surface area is 69.8 Å². The van der Waals surface area contributed by atoms with Crippen LogP contribution in [0, 0.1) is 0 Å². The summed E-state index contributed by atoms with van der Waals surface area (Å²) in [5, 5.41) is -0.929. The fourth-order valence-corrected chi connectivity index (χ4v) is 1.92. The topological polar surface area (TPSA) is 0 Å². The maximum absolute atomic E-state index is 13.1. The molecule has 1 aromatic rings. The Hall–Kier alpha value is -0.500. The second-order valence-corrected chi connectivity index (χ2v) is 4.21. The van der Waals surface area contributed by atoms with E-state index in [4.69, 9.17) is 0 Å². The van der Waals surface area contributed by atoms with E-state index in [0.29, 0.717) is 12.8 Å². The van der Waals surface area contributed by atoms with Crippen LogP contribution >= 0.6 is 11.8 Å². The Morgan fingerprint density at radius 3 is 2.36 bits per heavy atom. The van der Waals surface area contributed by atoms with E-state index in [1.165, 1.54) is 11.8 Å². The molecule has 11 heavy (non-hydrogen) atoms. The van der Waals surface area contributed by atoms with Crippen molar-refractivity contribution in [2.45, 2.75) is 22.7 Å². The lowest BCUT2D eigenvalue weighted by atomic mass is 10.4. The number of hydrogen-bond acceptors (Lipinski definition) is 1. The van der Waals surface area contributed by atoms with E-state index < -0.39 is 5.00 Å². The Balaban J connectivity index is 2.07. The Morgan fingerprint density at radius 2 is 1.82 bits per heavy atom. The number of alkyl halides is 1. The van der Waals surface area contributed by atoms with E-state index >= 15 is 0 Å². The largest absolute Gasteiger partial charge is 0.232 e. The van der Waals surface area contributed by atoms with Gasteiger partial charge >= 0.3 is 0 Å². The van der Waals surface area contributed by atoms with Crippen LogP contribution in [-0.4, -0.2) is 5.00 Å². The molecule has 1 saturated carbocycles. The van der Waals surface area contributed by atoms with Crippen LogP contribution in [0.4, 0.5) is 4.39 Å². The molecule has 2 heteroatoms. The molecule has 0 aromatic heterocycles. The number of hydrogen-bond donors (Lipinski definition) is 0. The van der Waals surface area contributed by atoms with Gasteiger partial charge in [-0.15, -0.1) is 0 Å². The van der Waals surface area contributed by atoms with Crippen molar-refractivity contribution in [3.8, 4) is 0 Å². The minimum atomic E-state index is -0.929. The van der Waals surface area contributed by atoms with Crippen LogP contribution in [0.3, 0.4) is 0 Å². The summed E-state index contributed by atoms with van der Waals surface area (Å²) in [6, 6.07) is 9.72. The summed E-state index contributed by atoms with van der Waals surface area (Å²) in [5.41, 5.74) is 0. The van der Waals surface area contributed by atoms with Crippen molar-refractivity contribution in [2.24, 2.45) is 0 Å². The molecule has 0 aliphatic heterocycles. The molecule has 0 heterocycles. The zero-order valence-electron chi connectivity index (χ0n) is 6.09. The van der Waals surface area contributed by atoms with Crippen molar-refractivity contribution in [1.82, 2.24) is 0 Å². The molecule has 1 aliphatic carbocycles. The lowest BCUT2D eigenvalue weighted by Crippen LogP contribution is -1.88. The fraction of sp³-hybridized carbons (Fsp3) is 0.333. The van der Waals surface area contributed by atoms with Crippen LogP contribution in [0.25, 0.3) is 0 Å². The smallest absolute Gasteiger partial charge is 0.160 e. The molecule has 0 radical (unpaired) electrons. The van der Waals surface area contributed by atoms with Crippen LogP contribution in [0.15, 0.2) is 35.2 Å². The van der Waals surface area contributed by atoms with E-state index in [1.807, 2.05) is 30.3 Å². The average molecular weight is 168 g/mol. The molecule has 0 spiro atoms. The van der Waals surface area contributed by atoms with Crippen molar-refractivity contribution in [1.29, 1.82) is 0 Å². The molecular formula is C9H9FS. The lowest BCUT2D eigenvalue weighted by molar-refractivity contribution is 0.438. The van der Waals surface area contributed by atoms with E-state index in [0.717, 1.165) is 4.90 Å². The fourth-order valence-electron chi connectivity index (χ4n) is 0.900. The Morgan fingerprint density at radius 1 is 1.18 bits per heavy atom. The van der Waals surface area contributed by atoms with Gasteiger partial charge in [0, 0.05) is 4.90 Å². The van der Waals surface area contributed by atoms with Crippen LogP contribution < -0.4 is 0 Å². The third kappa shape index (κ3) is 1.74. The molecule has 1 aliphatic rings. The Kier molecular flexibility index (Phi) is 1.64. The van der Waals surface area contributed by atoms with Crippen molar-refractivity contribution < 1.29 is 4.39 Å². The molecule has 0 atom stereocenters. The van der Waals surface area contributed by atoms with Gasteiger partial charge < -0.3 is 0 Å². The van der Waals surface area contributed by atoms with Gasteiger partial charge in [0.15, 0.2) is 5.00 Å². The summed E-state index contributed by atoms with van der Waals surface area (Å²) in [7, 11) is 0. The number of halogens is 1. The summed E-state index contributed by atoms with van der Waals surface area (Å²) in [6.45, 7) is 0. The first-order valence-corrected chi connectivity index (χ1v) is 4.53. The van der Waals surface area contributed by atoms with E-state index in [2.05, 4.69) is 0 Å². The molecule has 58 valence electrons. The second kappa shape index (κ2) is 2.52. The van der Waals surface area contributed by atoms with E-state index in [1.54, 1.807) is 0 Å². The highest BCUT2D eigenvalue weighted by Crippen LogP contribution is 2.52. The van der Waals surface area contributed by atoms with Gasteiger partial charge in [-0.05, 0) is 25.0 Å². The predicted octanol–water partition coefficient (Wildman–Crippen LogP) is 3.24. The summed E-state index contributed by atoms with van der Waals surface area (Å²) in [4.78, 5) is 1.03. The Bertz CT molecular complexity index is 241. The monoisotopic (exact) mass is 168 g/mol. The van der Waals surface area contributed by atoms with E-state index in [-0.39, 0.29) is 0 Å². The van der Waals surface area contributed by atoms with Gasteiger partial charge in [-0.25, -0.2) is 4.39 Å². The van der Waals surface area contributed by atoms with Gasteiger partial charge in [0.1, 0.15) is 0 Å². The van der Waals surface area contributed by atoms with Gasteiger partial charge in [-0.1, -0.05) is 30.0 Å². The van der Waals surface area contributed by atoms with Crippen LogP contribution in [-0.2, 0) is 0 Å². The maximum Gasteiger partial charge on any atom is 0.160 e. The summed E-state index contributed by atoms with van der Waals surface area (Å²) < 4.78 is 13.1. The SMILES string of the molecule is FC1(Sc2ccccc2)CC1. The molecular weight excluding hydrogens is 159 g/mol. The first kappa shape index (κ1) is 7.17. The molecule has 1 aromatic carbocycles. The van der Waals surface area contributed by atoms with Gasteiger partial charge in [-0.3, -0.25) is 0 Å². The first-order valence-electron chi connectivity index (χ1n) is 3.72. The normalized spacial score (nSPS) is 19.7. The van der Waals surface area contributed by atoms with Crippen LogP contribution in [0.2, 0.25) is 0 Å². The molecule has 2 rings (SSSR count). The molecule has 1 fully saturated rings. The first-order chi connectivity index (χ1) is 5.29. The highest BCUT2D eigenvalue weighted by molar-refractivity contribution is 8.00. The minimum absolute atomic E-state index is 0.715. The van der Waals surface area contributed by atoms with Crippen molar-refractivity contribution >= 4 is 11.8 Å². The minimum Gasteiger partial charge on any atom is -0.232 e. The number of rotatable bonds is 2. The van der Waals surface area contributed by atoms with Gasteiger partial charge in [0.2, 0.25) is 0 Å². The van der Waals surface area contributed by atoms with Crippen molar-refractivity contribution in [3.05, 3.63) is 30.3 Å². The quantitative estimate of drug-likeness (QED) is 0.653. The molecule has 0 amide bonds. The zero-order valence-corrected chi connectivity index (χ0v) is 6.90. The van der Waals surface area contributed by atoms with Crippen LogP contribution in [0.5, 0.6) is 0 Å².